The molecule has 6 nitrogen and oxygen atoms in total. The highest BCUT2D eigenvalue weighted by Gasteiger charge is 2.32. The van der Waals surface area contributed by atoms with Crippen LogP contribution in [0.4, 0.5) is 0 Å². The van der Waals surface area contributed by atoms with Gasteiger partial charge in [-0.15, -0.1) is 0 Å². The maximum Gasteiger partial charge on any atom is 0.237 e. The summed E-state index contributed by atoms with van der Waals surface area (Å²) in [6, 6.07) is 3.44. The van der Waals surface area contributed by atoms with Crippen molar-refractivity contribution in [2.75, 3.05) is 0 Å². The number of hydrogen-bond donors (Lipinski definition) is 0. The minimum absolute atomic E-state index is 0.0662. The fourth-order valence-corrected chi connectivity index (χ4v) is 2.35. The van der Waals surface area contributed by atoms with Gasteiger partial charge in [-0.25, -0.2) is 18.4 Å². The molecule has 0 aliphatic carbocycles. The number of sulfone groups is 1. The SMILES string of the molecule is CC(C)(C)S(=O)(=O)c1cnc(Oc2cccnc2)cn1. The average molecular weight is 293 g/mol. The van der Waals surface area contributed by atoms with Crippen molar-refractivity contribution >= 4 is 9.84 Å². The Morgan fingerprint density at radius 3 is 2.35 bits per heavy atom. The van der Waals surface area contributed by atoms with E-state index in [4.69, 9.17) is 4.74 Å². The van der Waals surface area contributed by atoms with E-state index in [1.54, 1.807) is 39.1 Å². The summed E-state index contributed by atoms with van der Waals surface area (Å²) < 4.78 is 28.8. The summed E-state index contributed by atoms with van der Waals surface area (Å²) in [6.45, 7) is 4.85. The average Bonchev–Trinajstić information content (AvgIpc) is 2.39. The molecule has 0 spiro atoms. The normalized spacial score (nSPS) is 12.2. The summed E-state index contributed by atoms with van der Waals surface area (Å²) in [4.78, 5) is 11.8. The lowest BCUT2D eigenvalue weighted by molar-refractivity contribution is 0.455. The predicted molar refractivity (Wildman–Crippen MR) is 73.3 cm³/mol. The molecule has 0 aliphatic heterocycles. The van der Waals surface area contributed by atoms with Gasteiger partial charge in [0.15, 0.2) is 5.03 Å². The zero-order chi connectivity index (χ0) is 14.8. The number of pyridine rings is 1. The fraction of sp³-hybridized carbons (Fsp3) is 0.308. The van der Waals surface area contributed by atoms with Gasteiger partial charge in [0.1, 0.15) is 5.75 Å². The number of hydrogen-bond acceptors (Lipinski definition) is 6. The second-order valence-electron chi connectivity index (χ2n) is 5.10. The number of aromatic nitrogens is 3. The van der Waals surface area contributed by atoms with Gasteiger partial charge < -0.3 is 4.74 Å². The molecule has 0 bridgehead atoms. The van der Waals surface area contributed by atoms with E-state index in [9.17, 15) is 8.42 Å². The summed E-state index contributed by atoms with van der Waals surface area (Å²) in [7, 11) is -3.51. The van der Waals surface area contributed by atoms with Crippen LogP contribution in [0.3, 0.4) is 0 Å². The van der Waals surface area contributed by atoms with Gasteiger partial charge in [-0.2, -0.15) is 0 Å². The molecule has 0 saturated carbocycles. The Labute approximate surface area is 117 Å². The Hall–Kier alpha value is -2.02. The first kappa shape index (κ1) is 14.4. The summed E-state index contributed by atoms with van der Waals surface area (Å²) in [5, 5.41) is -0.0662. The lowest BCUT2D eigenvalue weighted by Crippen LogP contribution is -2.28. The summed E-state index contributed by atoms with van der Waals surface area (Å²) in [5.74, 6) is 0.721. The molecule has 0 N–H and O–H groups in total. The first-order valence-corrected chi connectivity index (χ1v) is 7.43. The number of rotatable bonds is 3. The van der Waals surface area contributed by atoms with Crippen LogP contribution >= 0.6 is 0 Å². The Kier molecular flexibility index (Phi) is 3.71. The molecular formula is C13H15N3O3S. The summed E-state index contributed by atoms with van der Waals surface area (Å²) in [5.41, 5.74) is 0. The molecule has 0 unspecified atom stereocenters. The molecule has 20 heavy (non-hydrogen) atoms. The number of ether oxygens (including phenoxy) is 1. The van der Waals surface area contributed by atoms with Crippen LogP contribution in [0.1, 0.15) is 20.8 Å². The third kappa shape index (κ3) is 2.93. The molecule has 0 radical (unpaired) electrons. The predicted octanol–water partition coefficient (Wildman–Crippen LogP) is 2.24. The van der Waals surface area contributed by atoms with E-state index in [2.05, 4.69) is 15.0 Å². The van der Waals surface area contributed by atoms with Crippen LogP contribution in [0.5, 0.6) is 11.6 Å². The molecule has 0 atom stereocenters. The molecule has 106 valence electrons. The van der Waals surface area contributed by atoms with Gasteiger partial charge >= 0.3 is 0 Å². The van der Waals surface area contributed by atoms with Gasteiger partial charge in [-0.05, 0) is 32.9 Å². The van der Waals surface area contributed by atoms with Gasteiger partial charge in [-0.1, -0.05) is 0 Å². The van der Waals surface area contributed by atoms with E-state index in [0.717, 1.165) is 0 Å². The van der Waals surface area contributed by atoms with E-state index in [0.29, 0.717) is 5.75 Å². The molecular weight excluding hydrogens is 278 g/mol. The third-order valence-electron chi connectivity index (χ3n) is 2.54. The lowest BCUT2D eigenvalue weighted by atomic mass is 10.3. The molecule has 0 fully saturated rings. The second-order valence-corrected chi connectivity index (χ2v) is 7.75. The Balaban J connectivity index is 2.24. The Morgan fingerprint density at radius 1 is 1.10 bits per heavy atom. The van der Waals surface area contributed by atoms with Crippen LogP contribution in [0.2, 0.25) is 0 Å². The van der Waals surface area contributed by atoms with Gasteiger partial charge in [0.2, 0.25) is 15.7 Å². The third-order valence-corrected chi connectivity index (χ3v) is 4.92. The molecule has 0 aromatic carbocycles. The van der Waals surface area contributed by atoms with Crippen molar-refractivity contribution in [3.05, 3.63) is 36.9 Å². The minimum atomic E-state index is -3.51. The van der Waals surface area contributed by atoms with Crippen molar-refractivity contribution < 1.29 is 13.2 Å². The molecule has 0 amide bonds. The van der Waals surface area contributed by atoms with Crippen LogP contribution in [0.15, 0.2) is 41.9 Å². The second kappa shape index (κ2) is 5.16. The van der Waals surface area contributed by atoms with Crippen LogP contribution in [0.25, 0.3) is 0 Å². The van der Waals surface area contributed by atoms with E-state index in [1.165, 1.54) is 18.6 Å². The smallest absolute Gasteiger partial charge is 0.237 e. The van der Waals surface area contributed by atoms with Gasteiger partial charge in [-0.3, -0.25) is 4.98 Å². The highest BCUT2D eigenvalue weighted by molar-refractivity contribution is 7.92. The highest BCUT2D eigenvalue weighted by atomic mass is 32.2. The van der Waals surface area contributed by atoms with Gasteiger partial charge in [0.05, 0.1) is 23.3 Å². The van der Waals surface area contributed by atoms with E-state index in [-0.39, 0.29) is 10.9 Å². The summed E-state index contributed by atoms with van der Waals surface area (Å²) in [6.07, 6.45) is 5.64. The standard InChI is InChI=1S/C13H15N3O3S/c1-13(2,3)20(17,18)12-9-15-11(8-16-12)19-10-5-4-6-14-7-10/h4-9H,1-3H3. The molecule has 2 rings (SSSR count). The molecule has 7 heteroatoms. The zero-order valence-corrected chi connectivity index (χ0v) is 12.3. The zero-order valence-electron chi connectivity index (χ0n) is 11.4. The van der Waals surface area contributed by atoms with Crippen LogP contribution < -0.4 is 4.74 Å². The summed E-state index contributed by atoms with van der Waals surface area (Å²) >= 11 is 0. The van der Waals surface area contributed by atoms with Crippen molar-refractivity contribution in [2.45, 2.75) is 30.5 Å². The van der Waals surface area contributed by atoms with Crippen LogP contribution in [-0.4, -0.2) is 28.1 Å². The number of nitrogens with zero attached hydrogens (tertiary/aromatic N) is 3. The lowest BCUT2D eigenvalue weighted by Gasteiger charge is -2.18. The fourth-order valence-electron chi connectivity index (χ4n) is 1.34. The molecule has 2 aromatic rings. The largest absolute Gasteiger partial charge is 0.436 e. The first-order valence-electron chi connectivity index (χ1n) is 5.95. The van der Waals surface area contributed by atoms with Crippen molar-refractivity contribution in [1.29, 1.82) is 0 Å². The van der Waals surface area contributed by atoms with Crippen LogP contribution in [-0.2, 0) is 9.84 Å². The molecule has 0 aliphatic rings. The van der Waals surface area contributed by atoms with Crippen molar-refractivity contribution in [1.82, 2.24) is 15.0 Å². The van der Waals surface area contributed by atoms with Crippen molar-refractivity contribution in [2.24, 2.45) is 0 Å². The molecule has 2 aromatic heterocycles. The van der Waals surface area contributed by atoms with Crippen molar-refractivity contribution in [3.63, 3.8) is 0 Å². The van der Waals surface area contributed by atoms with E-state index >= 15 is 0 Å². The van der Waals surface area contributed by atoms with E-state index < -0.39 is 14.6 Å². The Bertz CT molecular complexity index is 677. The van der Waals surface area contributed by atoms with Crippen molar-refractivity contribution in [3.8, 4) is 11.6 Å². The first-order chi connectivity index (χ1) is 9.30. The Morgan fingerprint density at radius 2 is 1.85 bits per heavy atom. The van der Waals surface area contributed by atoms with E-state index in [1.807, 2.05) is 0 Å². The monoisotopic (exact) mass is 293 g/mol. The van der Waals surface area contributed by atoms with Gasteiger partial charge in [0.25, 0.3) is 0 Å². The minimum Gasteiger partial charge on any atom is -0.436 e. The maximum atomic E-state index is 12.2. The maximum absolute atomic E-state index is 12.2. The van der Waals surface area contributed by atoms with Crippen LogP contribution in [0, 0.1) is 0 Å². The van der Waals surface area contributed by atoms with Gasteiger partial charge in [0, 0.05) is 6.20 Å². The molecule has 2 heterocycles. The quantitative estimate of drug-likeness (QED) is 0.863. The topological polar surface area (TPSA) is 82.0 Å². The highest BCUT2D eigenvalue weighted by Crippen LogP contribution is 2.24. The molecule has 0 saturated heterocycles.